The molecule has 6 unspecified atom stereocenters. The van der Waals surface area contributed by atoms with Crippen LogP contribution < -0.4 is 56.5 Å². The van der Waals surface area contributed by atoms with Crippen molar-refractivity contribution in [3.63, 3.8) is 0 Å². The Morgan fingerprint density at radius 3 is 1.05 bits per heavy atom. The van der Waals surface area contributed by atoms with Gasteiger partial charge in [0.1, 0.15) is 109 Å². The van der Waals surface area contributed by atoms with Gasteiger partial charge in [0, 0.05) is 54.8 Å². The number of anilines is 2. The molecule has 0 spiro atoms. The van der Waals surface area contributed by atoms with Crippen LogP contribution in [0.2, 0.25) is 0 Å². The number of rotatable bonds is 34. The van der Waals surface area contributed by atoms with Gasteiger partial charge in [0.25, 0.3) is 0 Å². The number of nitrogens with zero attached hydrogens (tertiary/aromatic N) is 6. The summed E-state index contributed by atoms with van der Waals surface area (Å²) in [5.74, 6) is -14.0. The number of esters is 3. The SMILES string of the molecule is CC1(C)CC(NP(=O)(Cl)Oc2ccccc2)C(=O)O1.CC1(C)CC(NP(=O)(OC[C@H]2O[C@@H](n3ccc(NC(=O)OCc4ccccc4)nc3=O)C(F)(F)[C@@H]2OC(=O)OCc2ccccc2)Oc2ccccc2)C(=O)O1.Cc1ccn([C@@H]2O[C@H](COP(=O)(NC3CC(C)(C)OC3=O)Oc3ccccc3)[C@@H](O)C2(F)F)c(=O)n1.O=C(Nc1ccn([C@@H]2O[C@H](CO)[C@@H](OC(=O)OCc3ccccc3)C2(F)F)c(=O)n1)OCc1ccccc1. The highest BCUT2D eigenvalue weighted by atomic mass is 35.7. The number of para-hydroxylation sites is 3. The summed E-state index contributed by atoms with van der Waals surface area (Å²) in [4.78, 5) is 134. The smallest absolute Gasteiger partial charge is 0.458 e. The van der Waals surface area contributed by atoms with Crippen LogP contribution in [0.5, 0.6) is 17.2 Å². The number of aromatic nitrogens is 6. The van der Waals surface area contributed by atoms with Gasteiger partial charge in [-0.1, -0.05) is 176 Å². The zero-order valence-corrected chi connectivity index (χ0v) is 83.4. The van der Waals surface area contributed by atoms with Gasteiger partial charge in [-0.25, -0.2) is 52.3 Å². The number of carbonyl (C=O) groups excluding carboxylic acids is 7. The number of nitrogens with one attached hydrogen (secondary N) is 5. The van der Waals surface area contributed by atoms with Gasteiger partial charge in [-0.2, -0.15) is 51.5 Å². The molecular formula is C96H101ClF6N11O32P3. The molecule has 0 saturated carbocycles. The Morgan fingerprint density at radius 1 is 0.409 bits per heavy atom. The Balaban J connectivity index is 0.000000175. The second-order valence-electron chi connectivity index (χ2n) is 35.5. The van der Waals surface area contributed by atoms with Crippen molar-refractivity contribution in [3.05, 3.63) is 309 Å². The molecule has 10 aromatic rings. The lowest BCUT2D eigenvalue weighted by molar-refractivity contribution is -0.148. The predicted molar refractivity (Wildman–Crippen MR) is 510 cm³/mol. The van der Waals surface area contributed by atoms with Crippen LogP contribution in [0.25, 0.3) is 0 Å². The van der Waals surface area contributed by atoms with Crippen LogP contribution in [0.4, 0.5) is 57.2 Å². The molecule has 0 radical (unpaired) electrons. The standard InChI is InChI=1S/C37H37F2N4O12P.C25H23F2N3O8.C22H26F2N3O8P.C12H15ClNO4P/c1-36(2)20-27(31(44)54-36)42-56(48,55-26-16-10-5-11-17-26)51-23-28-30(53-35(47)50-22-25-14-8-4-9-15-25)37(38,39)32(52-28)43-19-18-29(40-33(43)45)41-34(46)49-21-24-12-6-3-7-13-24;26-25(27)20(38-24(34)36-15-17-9-5-2-6-10-17)18(13-31)37-21(25)30-12-11-19(28-22(30)32)29-23(33)35-14-16-7-3-1-4-8-16;1-13-9-10-27(20(30)25-13)19-22(23,24)17(28)16(33-19)12-32-36(31,35-14-7-5-4-6-8-14)26-15-11-21(2,3)34-18(15)29;1-12(2)8-10(11(15)17-12)14-19(13,16)18-9-6-4-3-5-7-9/h3-19,27-28,30,32H,20-23H2,1-2H3,(H,42,48)(H,40,41,45,46);1-12,18,20-21,31H,13-15H2,(H,28,29,32,33);4-10,15-17,19,28H,11-12H2,1-3H3,(H,26,31);3-7,10H,8H2,1-2H3,(H,14,16)/t27?,28-,30-,32-,56?;18-,20-,21-;15?,16-,17-,19-,36?;/m111./s1. The zero-order valence-electron chi connectivity index (χ0n) is 80.0. The molecule has 53 heteroatoms. The third-order valence-corrected chi connectivity index (χ3v) is 26.8. The predicted octanol–water partition coefficient (Wildman–Crippen LogP) is 14.8. The maximum Gasteiger partial charge on any atom is 0.509 e. The van der Waals surface area contributed by atoms with Crippen molar-refractivity contribution in [1.29, 1.82) is 0 Å². The van der Waals surface area contributed by atoms with Gasteiger partial charge in [-0.05, 0) is 125 Å². The van der Waals surface area contributed by atoms with Crippen LogP contribution in [-0.4, -0.2) is 190 Å². The number of alkyl halides is 6. The Labute approximate surface area is 849 Å². The summed E-state index contributed by atoms with van der Waals surface area (Å²) in [5.41, 5.74) is -2.95. The number of halogens is 7. The second-order valence-corrected chi connectivity index (χ2v) is 41.6. The average Bonchev–Trinajstić information content (AvgIpc) is 1.60. The summed E-state index contributed by atoms with van der Waals surface area (Å²) in [5, 5.41) is 31.9. The minimum absolute atomic E-state index is 0.0381. The molecule has 796 valence electrons. The fraction of sp³-hybridized carbons (Fsp3) is 0.365. The fourth-order valence-electron chi connectivity index (χ4n) is 15.2. The number of aliphatic hydroxyl groups is 2. The van der Waals surface area contributed by atoms with Crippen LogP contribution in [0.3, 0.4) is 0 Å². The van der Waals surface area contributed by atoms with Crippen molar-refractivity contribution >= 4 is 87.6 Å². The monoisotopic (exact) mass is 2160 g/mol. The van der Waals surface area contributed by atoms with Crippen molar-refractivity contribution in [3.8, 4) is 17.2 Å². The Morgan fingerprint density at radius 2 is 0.711 bits per heavy atom. The van der Waals surface area contributed by atoms with E-state index in [2.05, 4.69) is 40.8 Å². The highest BCUT2D eigenvalue weighted by Crippen LogP contribution is 2.54. The van der Waals surface area contributed by atoms with E-state index in [4.69, 9.17) is 90.7 Å². The number of hydrogen-bond acceptors (Lipinski definition) is 35. The van der Waals surface area contributed by atoms with E-state index in [1.54, 1.807) is 230 Å². The molecule has 6 aliphatic heterocycles. The first-order valence-electron chi connectivity index (χ1n) is 45.4. The van der Waals surface area contributed by atoms with Crippen LogP contribution >= 0.6 is 33.6 Å². The van der Waals surface area contributed by atoms with E-state index in [1.807, 2.05) is 0 Å². The molecule has 15 atom stereocenters. The molecule has 6 fully saturated rings. The van der Waals surface area contributed by atoms with E-state index in [9.17, 15) is 80.6 Å². The number of benzene rings is 7. The molecular weight excluding hydrogens is 2060 g/mol. The molecule has 2 amide bonds. The highest BCUT2D eigenvalue weighted by molar-refractivity contribution is 7.84. The first-order chi connectivity index (χ1) is 70.5. The first-order valence-corrected chi connectivity index (χ1v) is 51.0. The topological polar surface area (TPSA) is 533 Å². The van der Waals surface area contributed by atoms with Crippen molar-refractivity contribution in [2.75, 3.05) is 30.5 Å². The van der Waals surface area contributed by atoms with E-state index in [0.717, 1.165) is 36.3 Å². The van der Waals surface area contributed by atoms with Crippen LogP contribution in [-0.2, 0) is 120 Å². The van der Waals surface area contributed by atoms with Crippen molar-refractivity contribution in [1.82, 2.24) is 43.9 Å². The highest BCUT2D eigenvalue weighted by Gasteiger charge is 2.66. The summed E-state index contributed by atoms with van der Waals surface area (Å²) >= 11 is 5.82. The van der Waals surface area contributed by atoms with Gasteiger partial charge >= 0.3 is 99.6 Å². The van der Waals surface area contributed by atoms with Crippen molar-refractivity contribution in [2.24, 2.45) is 0 Å². The Bertz CT molecular complexity index is 6660. The third-order valence-electron chi connectivity index (χ3n) is 22.1. The average molecular weight is 2160 g/mol. The lowest BCUT2D eigenvalue weighted by Crippen LogP contribution is -2.45. The minimum Gasteiger partial charge on any atom is -0.458 e. The number of cyclic esters (lactones) is 3. The maximum absolute atomic E-state index is 16.3. The van der Waals surface area contributed by atoms with Gasteiger partial charge in [-0.15, -0.1) is 0 Å². The van der Waals surface area contributed by atoms with E-state index < -0.39 is 210 Å². The lowest BCUT2D eigenvalue weighted by Gasteiger charge is -2.25. The van der Waals surface area contributed by atoms with Gasteiger partial charge in [0.05, 0.1) is 19.8 Å². The molecule has 3 aromatic heterocycles. The van der Waals surface area contributed by atoms with Crippen LogP contribution in [0.15, 0.2) is 263 Å². The van der Waals surface area contributed by atoms with Gasteiger partial charge in [0.2, 0.25) is 30.9 Å². The number of ether oxygens (including phenoxy) is 12. The molecule has 7 aromatic carbocycles. The second kappa shape index (κ2) is 48.7. The largest absolute Gasteiger partial charge is 0.509 e. The number of aryl methyl sites for hydroxylation is 1. The van der Waals surface area contributed by atoms with E-state index in [1.165, 1.54) is 37.3 Å². The molecule has 7 N–H and O–H groups in total. The molecule has 43 nitrogen and oxygen atoms in total. The minimum atomic E-state index is -4.62. The molecule has 6 aliphatic rings. The van der Waals surface area contributed by atoms with E-state index in [0.29, 0.717) is 48.3 Å². The molecule has 0 bridgehead atoms. The quantitative estimate of drug-likeness (QED) is 0.00852. The van der Waals surface area contributed by atoms with Gasteiger partial charge < -0.3 is 80.6 Å². The normalized spacial score (nSPS) is 23.3. The van der Waals surface area contributed by atoms with E-state index in [-0.39, 0.29) is 62.4 Å². The Kier molecular flexibility index (Phi) is 36.7. The number of aliphatic hydroxyl groups excluding tert-OH is 2. The van der Waals surface area contributed by atoms with Crippen LogP contribution in [0.1, 0.15) is 107 Å². The summed E-state index contributed by atoms with van der Waals surface area (Å²) in [6.07, 6.45) is -20.6. The van der Waals surface area contributed by atoms with Crippen molar-refractivity contribution < 1.29 is 163 Å². The van der Waals surface area contributed by atoms with E-state index >= 15 is 17.6 Å². The lowest BCUT2D eigenvalue weighted by atomic mass is 10.0. The van der Waals surface area contributed by atoms with Crippen molar-refractivity contribution in [2.45, 2.75) is 202 Å². The van der Waals surface area contributed by atoms with Crippen LogP contribution in [0, 0.1) is 6.92 Å². The molecule has 9 heterocycles. The maximum atomic E-state index is 16.3. The summed E-state index contributed by atoms with van der Waals surface area (Å²) < 4.78 is 223. The number of carbonyl (C=O) groups is 7. The number of hydrogen-bond donors (Lipinski definition) is 7. The van der Waals surface area contributed by atoms with Gasteiger partial charge in [0.15, 0.2) is 6.10 Å². The summed E-state index contributed by atoms with van der Waals surface area (Å²) in [6.45, 7) is 4.65. The molecule has 0 aliphatic carbocycles. The fourth-order valence-corrected chi connectivity index (χ4v) is 19.8. The Hall–Kier alpha value is -13.8. The molecule has 6 saturated heterocycles. The summed E-state index contributed by atoms with van der Waals surface area (Å²) in [7, 11) is -9.00. The summed E-state index contributed by atoms with van der Waals surface area (Å²) in [6, 6.07) is 59.0. The number of amides is 2. The zero-order chi connectivity index (χ0) is 107. The first kappa shape index (κ1) is 112. The van der Waals surface area contributed by atoms with Gasteiger partial charge in [-0.3, -0.25) is 47.8 Å². The molecule has 16 rings (SSSR count). The molecule has 149 heavy (non-hydrogen) atoms. The third kappa shape index (κ3) is 31.0.